The van der Waals surface area contributed by atoms with Crippen molar-refractivity contribution < 1.29 is 38.5 Å². The maximum atomic E-state index is 12.6. The van der Waals surface area contributed by atoms with Gasteiger partial charge < -0.3 is 25.1 Å². The van der Waals surface area contributed by atoms with Crippen LogP contribution in [0.15, 0.2) is 18.2 Å². The summed E-state index contributed by atoms with van der Waals surface area (Å²) in [6.45, 7) is 11.7. The molecule has 0 saturated heterocycles. The van der Waals surface area contributed by atoms with Crippen molar-refractivity contribution in [1.82, 2.24) is 0 Å². The molecule has 3 atom stereocenters. The topological polar surface area (TPSA) is 142 Å². The van der Waals surface area contributed by atoms with Gasteiger partial charge >= 0.3 is 23.9 Å². The van der Waals surface area contributed by atoms with Crippen LogP contribution in [0, 0.1) is 11.8 Å². The molecule has 0 radical (unpaired) electrons. The van der Waals surface area contributed by atoms with Gasteiger partial charge in [0.25, 0.3) is 0 Å². The van der Waals surface area contributed by atoms with Gasteiger partial charge in [-0.1, -0.05) is 53.5 Å². The van der Waals surface area contributed by atoms with Gasteiger partial charge in [-0.3, -0.25) is 19.2 Å². The number of carboxylic acid groups (broad SMARTS) is 1. The third-order valence-corrected chi connectivity index (χ3v) is 6.32. The first kappa shape index (κ1) is 34.1. The lowest BCUT2D eigenvalue weighted by molar-refractivity contribution is -0.149. The molecule has 39 heavy (non-hydrogen) atoms. The largest absolute Gasteiger partial charge is 0.480 e. The number of esters is 3. The van der Waals surface area contributed by atoms with Crippen LogP contribution in [0.4, 0.5) is 0 Å². The molecule has 9 nitrogen and oxygen atoms in total. The number of hydrogen-bond acceptors (Lipinski definition) is 8. The van der Waals surface area contributed by atoms with E-state index in [1.54, 1.807) is 13.0 Å². The van der Waals surface area contributed by atoms with Crippen LogP contribution in [0.5, 0.6) is 11.5 Å². The first-order valence-electron chi connectivity index (χ1n) is 14.1. The quantitative estimate of drug-likeness (QED) is 0.133. The fraction of sp³-hybridized carbons (Fsp3) is 0.667. The molecule has 9 heteroatoms. The number of carbonyl (C=O) groups is 4. The highest BCUT2D eigenvalue weighted by Gasteiger charge is 2.30. The van der Waals surface area contributed by atoms with Crippen molar-refractivity contribution in [2.45, 2.75) is 117 Å². The number of nitrogens with two attached hydrogens (primary N) is 1. The number of hydrogen-bond donors (Lipinski definition) is 2. The summed E-state index contributed by atoms with van der Waals surface area (Å²) in [5.74, 6) is -2.58. The Bertz CT molecular complexity index is 943. The Kier molecular flexibility index (Phi) is 15.4. The van der Waals surface area contributed by atoms with Crippen LogP contribution >= 0.6 is 0 Å². The number of aliphatic carboxylic acids is 1. The monoisotopic (exact) mass is 549 g/mol. The van der Waals surface area contributed by atoms with Gasteiger partial charge in [-0.05, 0) is 62.1 Å². The third kappa shape index (κ3) is 13.6. The van der Waals surface area contributed by atoms with Crippen molar-refractivity contribution in [3.05, 3.63) is 23.8 Å². The fourth-order valence-corrected chi connectivity index (χ4v) is 3.95. The number of unbranched alkanes of at least 4 members (excludes halogenated alkanes) is 2. The second kappa shape index (κ2) is 17.6. The smallest absolute Gasteiger partial charge is 0.321 e. The van der Waals surface area contributed by atoms with E-state index in [4.69, 9.17) is 19.9 Å². The van der Waals surface area contributed by atoms with Crippen LogP contribution in [0.25, 0.3) is 0 Å². The van der Waals surface area contributed by atoms with E-state index in [1.807, 2.05) is 34.6 Å². The third-order valence-electron chi connectivity index (χ3n) is 6.32. The van der Waals surface area contributed by atoms with E-state index in [1.165, 1.54) is 12.1 Å². The Morgan fingerprint density at radius 1 is 0.821 bits per heavy atom. The summed E-state index contributed by atoms with van der Waals surface area (Å²) in [5, 5.41) is 9.68. The molecule has 2 unspecified atom stereocenters. The minimum Gasteiger partial charge on any atom is -0.480 e. The standard InChI is InChI=1S/C30H47NO8/c1-7-8-9-10-26(32)37-21(6)17-23(29(31)30(35)36)22-13-14-24(38-27(33)15-11-19(2)3)25(18-22)39-28(34)16-12-20(4)5/h13-14,18-21,23,29H,7-12,15-17,31H2,1-6H3,(H,35,36)/t21?,23?,29-/m0/s1. The minimum absolute atomic E-state index is 0.0194. The second-order valence-corrected chi connectivity index (χ2v) is 11.0. The molecule has 0 aliphatic heterocycles. The van der Waals surface area contributed by atoms with Gasteiger partial charge in [0.05, 0.1) is 6.10 Å². The predicted molar refractivity (Wildman–Crippen MR) is 149 cm³/mol. The number of benzene rings is 1. The first-order chi connectivity index (χ1) is 18.3. The maximum absolute atomic E-state index is 12.6. The van der Waals surface area contributed by atoms with Crippen molar-refractivity contribution in [1.29, 1.82) is 0 Å². The van der Waals surface area contributed by atoms with Gasteiger partial charge in [0.1, 0.15) is 6.04 Å². The number of carboxylic acids is 1. The molecule has 0 fully saturated rings. The van der Waals surface area contributed by atoms with E-state index in [0.29, 0.717) is 36.7 Å². The highest BCUT2D eigenvalue weighted by molar-refractivity contribution is 5.77. The van der Waals surface area contributed by atoms with E-state index in [2.05, 4.69) is 0 Å². The Morgan fingerprint density at radius 3 is 1.90 bits per heavy atom. The molecule has 3 N–H and O–H groups in total. The van der Waals surface area contributed by atoms with Gasteiger partial charge in [-0.15, -0.1) is 0 Å². The fourth-order valence-electron chi connectivity index (χ4n) is 3.95. The normalized spacial score (nSPS) is 13.6. The van der Waals surface area contributed by atoms with Gasteiger partial charge in [0.15, 0.2) is 11.5 Å². The van der Waals surface area contributed by atoms with E-state index in [0.717, 1.165) is 19.3 Å². The van der Waals surface area contributed by atoms with E-state index in [-0.39, 0.29) is 36.7 Å². The molecular weight excluding hydrogens is 502 g/mol. The summed E-state index contributed by atoms with van der Waals surface area (Å²) in [6.07, 6.45) is 4.10. The minimum atomic E-state index is -1.31. The lowest BCUT2D eigenvalue weighted by Gasteiger charge is -2.25. The summed E-state index contributed by atoms with van der Waals surface area (Å²) in [5.41, 5.74) is 6.52. The van der Waals surface area contributed by atoms with E-state index >= 15 is 0 Å². The van der Waals surface area contributed by atoms with Crippen LogP contribution < -0.4 is 15.2 Å². The average Bonchev–Trinajstić information content (AvgIpc) is 2.85. The van der Waals surface area contributed by atoms with Gasteiger partial charge in [0, 0.05) is 25.2 Å². The maximum Gasteiger partial charge on any atom is 0.321 e. The van der Waals surface area contributed by atoms with E-state index < -0.39 is 36.0 Å². The van der Waals surface area contributed by atoms with Crippen molar-refractivity contribution in [2.24, 2.45) is 17.6 Å². The molecule has 220 valence electrons. The van der Waals surface area contributed by atoms with Crippen LogP contribution in [-0.4, -0.2) is 41.1 Å². The number of carbonyl (C=O) groups excluding carboxylic acids is 3. The van der Waals surface area contributed by atoms with Crippen LogP contribution in [-0.2, 0) is 23.9 Å². The van der Waals surface area contributed by atoms with Gasteiger partial charge in [-0.2, -0.15) is 0 Å². The summed E-state index contributed by atoms with van der Waals surface area (Å²) < 4.78 is 16.6. The Hall–Kier alpha value is -2.94. The molecule has 1 aromatic rings. The van der Waals surface area contributed by atoms with Crippen molar-refractivity contribution >= 4 is 23.9 Å². The molecule has 0 aliphatic carbocycles. The second-order valence-electron chi connectivity index (χ2n) is 11.0. The van der Waals surface area contributed by atoms with Crippen molar-refractivity contribution in [3.8, 4) is 11.5 Å². The molecule has 0 aliphatic rings. The summed E-state index contributed by atoms with van der Waals surface area (Å²) in [4.78, 5) is 49.0. The zero-order valence-electron chi connectivity index (χ0n) is 24.4. The molecule has 0 amide bonds. The van der Waals surface area contributed by atoms with Crippen LogP contribution in [0.2, 0.25) is 0 Å². The first-order valence-corrected chi connectivity index (χ1v) is 14.1. The zero-order valence-corrected chi connectivity index (χ0v) is 24.4. The zero-order chi connectivity index (χ0) is 29.5. The predicted octanol–water partition coefficient (Wildman–Crippen LogP) is 5.77. The SMILES string of the molecule is CCCCCC(=O)OC(C)CC(c1ccc(OC(=O)CCC(C)C)c(OC(=O)CCC(C)C)c1)[C@H](N)C(=O)O. The van der Waals surface area contributed by atoms with Gasteiger partial charge in [0.2, 0.25) is 0 Å². The summed E-state index contributed by atoms with van der Waals surface area (Å²) >= 11 is 0. The molecule has 1 aromatic carbocycles. The Morgan fingerprint density at radius 2 is 1.38 bits per heavy atom. The molecule has 0 bridgehead atoms. The molecular formula is C30H47NO8. The van der Waals surface area contributed by atoms with Gasteiger partial charge in [-0.25, -0.2) is 0 Å². The lowest BCUT2D eigenvalue weighted by atomic mass is 9.87. The molecule has 1 rings (SSSR count). The number of ether oxygens (including phenoxy) is 3. The molecule has 0 aromatic heterocycles. The van der Waals surface area contributed by atoms with E-state index in [9.17, 15) is 24.3 Å². The molecule has 0 spiro atoms. The van der Waals surface area contributed by atoms with Crippen LogP contribution in [0.3, 0.4) is 0 Å². The summed E-state index contributed by atoms with van der Waals surface area (Å²) in [7, 11) is 0. The van der Waals surface area contributed by atoms with Crippen molar-refractivity contribution in [2.75, 3.05) is 0 Å². The Labute approximate surface area is 232 Å². The summed E-state index contributed by atoms with van der Waals surface area (Å²) in [6, 6.07) is 3.26. The highest BCUT2D eigenvalue weighted by atomic mass is 16.6. The van der Waals surface area contributed by atoms with Crippen LogP contribution in [0.1, 0.15) is 111 Å². The molecule has 0 heterocycles. The lowest BCUT2D eigenvalue weighted by Crippen LogP contribution is -2.38. The van der Waals surface area contributed by atoms with Crippen molar-refractivity contribution in [3.63, 3.8) is 0 Å². The highest BCUT2D eigenvalue weighted by Crippen LogP contribution is 2.35. The Balaban J connectivity index is 3.24. The molecule has 0 saturated carbocycles. The average molecular weight is 550 g/mol. The number of rotatable bonds is 18.